The maximum absolute atomic E-state index is 13.3. The van der Waals surface area contributed by atoms with Crippen LogP contribution in [0.4, 0.5) is 0 Å². The van der Waals surface area contributed by atoms with Gasteiger partial charge in [0.05, 0.1) is 23.3 Å². The van der Waals surface area contributed by atoms with Gasteiger partial charge in [0.25, 0.3) is 11.8 Å². The van der Waals surface area contributed by atoms with Crippen molar-refractivity contribution < 1.29 is 28.7 Å². The van der Waals surface area contributed by atoms with Crippen LogP contribution in [0.2, 0.25) is 0 Å². The van der Waals surface area contributed by atoms with E-state index in [0.29, 0.717) is 48.6 Å². The van der Waals surface area contributed by atoms with Gasteiger partial charge in [-0.15, -0.1) is 0 Å². The van der Waals surface area contributed by atoms with Gasteiger partial charge >= 0.3 is 0 Å². The lowest BCUT2D eigenvalue weighted by Gasteiger charge is -2.28. The van der Waals surface area contributed by atoms with Gasteiger partial charge in [0, 0.05) is 52.9 Å². The summed E-state index contributed by atoms with van der Waals surface area (Å²) in [5.74, 6) is 0.333. The third-order valence-electron chi connectivity index (χ3n) is 10.1. The fraction of sp³-hybridized carbons (Fsp3) is 0.333. The summed E-state index contributed by atoms with van der Waals surface area (Å²) in [6, 6.07) is 32.7. The molecular formula is C48H56N4O6. The van der Waals surface area contributed by atoms with Crippen molar-refractivity contribution in [2.45, 2.75) is 76.7 Å². The zero-order valence-corrected chi connectivity index (χ0v) is 34.0. The molecule has 0 aromatic heterocycles. The topological polar surface area (TPSA) is 117 Å². The number of nitrogens with one attached hydrogen (secondary N) is 2. The van der Waals surface area contributed by atoms with Gasteiger partial charge in [0.15, 0.2) is 0 Å². The molecule has 0 bridgehead atoms. The highest BCUT2D eigenvalue weighted by Gasteiger charge is 2.31. The van der Waals surface area contributed by atoms with Gasteiger partial charge in [-0.05, 0) is 62.1 Å². The molecule has 6 rings (SSSR count). The Labute approximate surface area is 342 Å². The lowest BCUT2D eigenvalue weighted by Crippen LogP contribution is -2.49. The van der Waals surface area contributed by atoms with Crippen molar-refractivity contribution in [3.8, 4) is 11.5 Å². The highest BCUT2D eigenvalue weighted by Crippen LogP contribution is 2.25. The van der Waals surface area contributed by atoms with Gasteiger partial charge in [0.1, 0.15) is 23.6 Å². The molecule has 304 valence electrons. The third kappa shape index (κ3) is 12.4. The van der Waals surface area contributed by atoms with E-state index >= 15 is 0 Å². The second-order valence-corrected chi connectivity index (χ2v) is 14.7. The van der Waals surface area contributed by atoms with E-state index in [-0.39, 0.29) is 35.8 Å². The molecule has 10 heteroatoms. The van der Waals surface area contributed by atoms with Crippen LogP contribution >= 0.6 is 0 Å². The molecule has 4 aromatic rings. The number of ether oxygens (including phenoxy) is 2. The molecule has 2 aliphatic heterocycles. The number of rotatable bonds is 4. The molecule has 4 amide bonds. The van der Waals surface area contributed by atoms with Crippen LogP contribution in [-0.2, 0) is 22.4 Å². The first-order valence-electron chi connectivity index (χ1n) is 20.1. The van der Waals surface area contributed by atoms with Crippen LogP contribution in [0.3, 0.4) is 0 Å². The summed E-state index contributed by atoms with van der Waals surface area (Å²) >= 11 is 0. The van der Waals surface area contributed by atoms with Crippen molar-refractivity contribution >= 4 is 23.6 Å². The fourth-order valence-electron chi connectivity index (χ4n) is 6.78. The Balaban J connectivity index is 0.000000221. The average molecular weight is 785 g/mol. The van der Waals surface area contributed by atoms with Gasteiger partial charge in [-0.1, -0.05) is 109 Å². The Bertz CT molecular complexity index is 1870. The maximum atomic E-state index is 13.3. The molecule has 0 saturated heterocycles. The van der Waals surface area contributed by atoms with E-state index in [1.807, 2.05) is 98.8 Å². The van der Waals surface area contributed by atoms with Crippen LogP contribution in [0.15, 0.2) is 133 Å². The molecular weight excluding hydrogens is 729 g/mol. The molecule has 10 nitrogen and oxygen atoms in total. The smallest absolute Gasteiger partial charge is 0.258 e. The minimum atomic E-state index is -0.609. The number of hydrogen-bond acceptors (Lipinski definition) is 6. The lowest BCUT2D eigenvalue weighted by molar-refractivity contribution is -0.125. The summed E-state index contributed by atoms with van der Waals surface area (Å²) in [4.78, 5) is 55.6. The summed E-state index contributed by atoms with van der Waals surface area (Å²) in [7, 11) is 3.36. The van der Waals surface area contributed by atoms with Crippen LogP contribution in [0.1, 0.15) is 71.4 Å². The van der Waals surface area contributed by atoms with Crippen LogP contribution in [0.25, 0.3) is 0 Å². The van der Waals surface area contributed by atoms with Crippen LogP contribution in [-0.4, -0.2) is 84.9 Å². The zero-order chi connectivity index (χ0) is 41.3. The Morgan fingerprint density at radius 1 is 0.517 bits per heavy atom. The standard InChI is InChI=1S/2C24H28N2O3/c2*1-18-11-5-4-10-16-25-23(27)21(17-19-12-6-3-7-13-19)26(2)24(28)20-14-8-9-15-22(20)29-18/h2*3-9,12-15,18,21H,10-11,16-17H2,1-2H3,(H,25,27)/b5-4+;5-4-/t2*18-,21+/m11/s1. The zero-order valence-electron chi connectivity index (χ0n) is 34.0. The first kappa shape index (κ1) is 43.0. The number of carbonyl (C=O) groups excluding carboxylic acids is 4. The SMILES string of the molecule is C[C@@H]1C/C=C/CCNC(=O)[C@H](Cc2ccccc2)N(C)C(=O)c2ccccc2O1.C[C@@H]1C/C=C\CCNC(=O)[C@H](Cc2ccccc2)N(C)C(=O)c2ccccc2O1. The predicted molar refractivity (Wildman–Crippen MR) is 228 cm³/mol. The van der Waals surface area contributed by atoms with Gasteiger partial charge in [-0.3, -0.25) is 19.2 Å². The van der Waals surface area contributed by atoms with Gasteiger partial charge < -0.3 is 29.9 Å². The highest BCUT2D eigenvalue weighted by atomic mass is 16.5. The monoisotopic (exact) mass is 784 g/mol. The Kier molecular flexibility index (Phi) is 16.3. The number of nitrogens with zero attached hydrogens (tertiary/aromatic N) is 2. The molecule has 4 aromatic carbocycles. The fourth-order valence-corrected chi connectivity index (χ4v) is 6.78. The molecule has 58 heavy (non-hydrogen) atoms. The summed E-state index contributed by atoms with van der Waals surface area (Å²) in [5, 5.41) is 5.96. The first-order valence-corrected chi connectivity index (χ1v) is 20.1. The van der Waals surface area contributed by atoms with E-state index < -0.39 is 12.1 Å². The van der Waals surface area contributed by atoms with E-state index in [1.54, 1.807) is 38.4 Å². The van der Waals surface area contributed by atoms with Crippen LogP contribution in [0, 0.1) is 0 Å². The summed E-state index contributed by atoms with van der Waals surface area (Å²) in [6.45, 7) is 5.05. The number of likely N-dealkylation sites (N-methyl/N-ethyl adjacent to an activating group) is 2. The van der Waals surface area contributed by atoms with Gasteiger partial charge in [0.2, 0.25) is 11.8 Å². The largest absolute Gasteiger partial charge is 0.490 e. The van der Waals surface area contributed by atoms with Gasteiger partial charge in [-0.2, -0.15) is 0 Å². The van der Waals surface area contributed by atoms with Crippen molar-refractivity contribution in [2.24, 2.45) is 0 Å². The second-order valence-electron chi connectivity index (χ2n) is 14.7. The number of carbonyl (C=O) groups is 4. The summed E-state index contributed by atoms with van der Waals surface area (Å²) in [5.41, 5.74) is 2.94. The van der Waals surface area contributed by atoms with E-state index in [2.05, 4.69) is 34.9 Å². The molecule has 0 saturated carbocycles. The minimum absolute atomic E-state index is 0.0526. The minimum Gasteiger partial charge on any atom is -0.490 e. The number of para-hydroxylation sites is 2. The van der Waals surface area contributed by atoms with Crippen molar-refractivity contribution in [1.82, 2.24) is 20.4 Å². The molecule has 0 aliphatic carbocycles. The molecule has 0 radical (unpaired) electrons. The van der Waals surface area contributed by atoms with Crippen LogP contribution < -0.4 is 20.1 Å². The van der Waals surface area contributed by atoms with Crippen molar-refractivity contribution in [2.75, 3.05) is 27.2 Å². The normalized spacial score (nSPS) is 22.1. The molecule has 0 unspecified atom stereocenters. The molecule has 2 N–H and O–H groups in total. The summed E-state index contributed by atoms with van der Waals surface area (Å²) < 4.78 is 12.1. The first-order chi connectivity index (χ1) is 28.1. The molecule has 2 aliphatic rings. The summed E-state index contributed by atoms with van der Waals surface area (Å²) in [6.07, 6.45) is 12.0. The molecule has 2 heterocycles. The van der Waals surface area contributed by atoms with E-state index in [4.69, 9.17) is 9.47 Å². The molecule has 0 spiro atoms. The Morgan fingerprint density at radius 2 is 0.879 bits per heavy atom. The number of hydrogen-bond donors (Lipinski definition) is 2. The Hall–Kier alpha value is -6.16. The molecule has 0 fully saturated rings. The van der Waals surface area contributed by atoms with Crippen molar-refractivity contribution in [3.63, 3.8) is 0 Å². The quantitative estimate of drug-likeness (QED) is 0.212. The van der Waals surface area contributed by atoms with E-state index in [1.165, 1.54) is 9.80 Å². The van der Waals surface area contributed by atoms with E-state index in [9.17, 15) is 19.2 Å². The third-order valence-corrected chi connectivity index (χ3v) is 10.1. The number of amides is 4. The lowest BCUT2D eigenvalue weighted by atomic mass is 10.0. The van der Waals surface area contributed by atoms with Crippen molar-refractivity contribution in [1.29, 1.82) is 0 Å². The van der Waals surface area contributed by atoms with Crippen LogP contribution in [0.5, 0.6) is 11.5 Å². The van der Waals surface area contributed by atoms with Crippen molar-refractivity contribution in [3.05, 3.63) is 156 Å². The average Bonchev–Trinajstić information content (AvgIpc) is 3.24. The van der Waals surface area contributed by atoms with E-state index in [0.717, 1.165) is 36.8 Å². The predicted octanol–water partition coefficient (Wildman–Crippen LogP) is 7.21. The Morgan fingerprint density at radius 3 is 1.28 bits per heavy atom. The highest BCUT2D eigenvalue weighted by molar-refractivity contribution is 6.00. The van der Waals surface area contributed by atoms with Gasteiger partial charge in [-0.25, -0.2) is 0 Å². The number of benzene rings is 4. The molecule has 4 atom stereocenters. The maximum Gasteiger partial charge on any atom is 0.258 e. The second kappa shape index (κ2) is 22.0. The number of fused-ring (bicyclic) bond motifs is 2.